The molecule has 0 aliphatic heterocycles. The minimum atomic E-state index is -1.48. The molecule has 0 amide bonds. The summed E-state index contributed by atoms with van der Waals surface area (Å²) in [7, 11) is -1.48. The predicted molar refractivity (Wildman–Crippen MR) is 81.8 cm³/mol. The van der Waals surface area contributed by atoms with E-state index in [9.17, 15) is 0 Å². The highest BCUT2D eigenvalue weighted by Gasteiger charge is 2.12. The number of halogens is 2. The van der Waals surface area contributed by atoms with E-state index < -0.39 is 7.12 Å². The molecule has 0 atom stereocenters. The van der Waals surface area contributed by atoms with Gasteiger partial charge in [0.1, 0.15) is 12.4 Å². The summed E-state index contributed by atoms with van der Waals surface area (Å²) in [5, 5.41) is 19.4. The lowest BCUT2D eigenvalue weighted by Gasteiger charge is -2.11. The van der Waals surface area contributed by atoms with Crippen LogP contribution < -0.4 is 10.2 Å². The molecule has 0 bridgehead atoms. The Bertz CT molecular complexity index is 617. The van der Waals surface area contributed by atoms with Crippen LogP contribution in [-0.4, -0.2) is 17.2 Å². The van der Waals surface area contributed by atoms with Crippen LogP contribution in [0.4, 0.5) is 0 Å². The molecule has 2 aromatic carbocycles. The first-order valence-electron chi connectivity index (χ1n) is 6.01. The van der Waals surface area contributed by atoms with Crippen molar-refractivity contribution in [1.82, 2.24) is 0 Å². The van der Waals surface area contributed by atoms with Crippen molar-refractivity contribution < 1.29 is 14.8 Å². The Morgan fingerprint density at radius 1 is 1.10 bits per heavy atom. The van der Waals surface area contributed by atoms with Crippen LogP contribution in [0.2, 0.25) is 10.0 Å². The van der Waals surface area contributed by atoms with Gasteiger partial charge in [0.05, 0.1) is 0 Å². The molecule has 104 valence electrons. The fraction of sp³-hybridized carbons (Fsp3) is 0.143. The van der Waals surface area contributed by atoms with Crippen molar-refractivity contribution in [2.75, 3.05) is 0 Å². The Kier molecular flexibility index (Phi) is 4.94. The molecule has 2 aromatic rings. The first kappa shape index (κ1) is 15.2. The molecule has 0 saturated heterocycles. The summed E-state index contributed by atoms with van der Waals surface area (Å²) in [6, 6.07) is 10.2. The number of hydrogen-bond donors (Lipinski definition) is 2. The summed E-state index contributed by atoms with van der Waals surface area (Å²) in [6.07, 6.45) is 0. The Morgan fingerprint density at radius 3 is 2.50 bits per heavy atom. The molecule has 0 unspecified atom stereocenters. The van der Waals surface area contributed by atoms with Crippen LogP contribution in [0, 0.1) is 6.92 Å². The summed E-state index contributed by atoms with van der Waals surface area (Å²) in [6.45, 7) is 2.13. The van der Waals surface area contributed by atoms with E-state index in [1.165, 1.54) is 0 Å². The zero-order valence-electron chi connectivity index (χ0n) is 10.8. The zero-order chi connectivity index (χ0) is 14.7. The van der Waals surface area contributed by atoms with Gasteiger partial charge in [0.25, 0.3) is 0 Å². The van der Waals surface area contributed by atoms with Gasteiger partial charge in [-0.15, -0.1) is 0 Å². The van der Waals surface area contributed by atoms with Gasteiger partial charge in [-0.05, 0) is 42.2 Å². The molecule has 0 heterocycles. The summed E-state index contributed by atoms with van der Waals surface area (Å²) < 4.78 is 5.69. The fourth-order valence-corrected chi connectivity index (χ4v) is 2.17. The van der Waals surface area contributed by atoms with E-state index in [4.69, 9.17) is 38.0 Å². The van der Waals surface area contributed by atoms with Crippen LogP contribution in [0.3, 0.4) is 0 Å². The monoisotopic (exact) mass is 310 g/mol. The Morgan fingerprint density at radius 2 is 1.85 bits per heavy atom. The largest absolute Gasteiger partial charge is 0.489 e. The normalized spacial score (nSPS) is 10.4. The lowest BCUT2D eigenvalue weighted by atomic mass is 9.79. The quantitative estimate of drug-likeness (QED) is 0.853. The van der Waals surface area contributed by atoms with Gasteiger partial charge in [0.15, 0.2) is 0 Å². The lowest BCUT2D eigenvalue weighted by molar-refractivity contribution is 0.304. The standard InChI is InChI=1S/C14H13BCl2O3/c1-9-6-11(15(18)19)2-5-14(9)20-8-10-7-12(16)3-4-13(10)17/h2-7,18-19H,8H2,1H3. The minimum Gasteiger partial charge on any atom is -0.489 e. The first-order valence-corrected chi connectivity index (χ1v) is 6.76. The maximum Gasteiger partial charge on any atom is 0.488 e. The molecule has 0 aliphatic carbocycles. The number of benzene rings is 2. The molecule has 0 fully saturated rings. The summed E-state index contributed by atoms with van der Waals surface area (Å²) in [4.78, 5) is 0. The van der Waals surface area contributed by atoms with Crippen molar-refractivity contribution in [3.05, 3.63) is 57.6 Å². The third-order valence-corrected chi connectivity index (χ3v) is 3.49. The number of ether oxygens (including phenoxy) is 1. The molecule has 20 heavy (non-hydrogen) atoms. The third-order valence-electron chi connectivity index (χ3n) is 2.89. The van der Waals surface area contributed by atoms with E-state index in [1.807, 2.05) is 6.92 Å². The van der Waals surface area contributed by atoms with Crippen LogP contribution in [0.1, 0.15) is 11.1 Å². The maximum atomic E-state index is 9.10. The molecule has 0 aliphatic rings. The molecule has 0 radical (unpaired) electrons. The van der Waals surface area contributed by atoms with Crippen molar-refractivity contribution in [1.29, 1.82) is 0 Å². The van der Waals surface area contributed by atoms with Crippen LogP contribution in [0.5, 0.6) is 5.75 Å². The number of hydrogen-bond acceptors (Lipinski definition) is 3. The van der Waals surface area contributed by atoms with Gasteiger partial charge in [-0.1, -0.05) is 35.3 Å². The average Bonchev–Trinajstić information content (AvgIpc) is 2.40. The van der Waals surface area contributed by atoms with Gasteiger partial charge in [-0.3, -0.25) is 0 Å². The second kappa shape index (κ2) is 6.50. The van der Waals surface area contributed by atoms with Gasteiger partial charge in [-0.25, -0.2) is 0 Å². The van der Waals surface area contributed by atoms with E-state index in [-0.39, 0.29) is 0 Å². The van der Waals surface area contributed by atoms with E-state index >= 15 is 0 Å². The smallest absolute Gasteiger partial charge is 0.488 e. The second-order valence-corrected chi connectivity index (χ2v) is 5.27. The minimum absolute atomic E-state index is 0.293. The third kappa shape index (κ3) is 3.67. The van der Waals surface area contributed by atoms with E-state index in [0.29, 0.717) is 27.9 Å². The highest BCUT2D eigenvalue weighted by atomic mass is 35.5. The van der Waals surface area contributed by atoms with Crippen molar-refractivity contribution in [2.45, 2.75) is 13.5 Å². The van der Waals surface area contributed by atoms with Crippen molar-refractivity contribution in [3.63, 3.8) is 0 Å². The maximum absolute atomic E-state index is 9.10. The molecule has 0 aromatic heterocycles. The molecular formula is C14H13BCl2O3. The van der Waals surface area contributed by atoms with Crippen molar-refractivity contribution in [3.8, 4) is 5.75 Å². The SMILES string of the molecule is Cc1cc(B(O)O)ccc1OCc1cc(Cl)ccc1Cl. The molecule has 2 N–H and O–H groups in total. The van der Waals surface area contributed by atoms with Crippen LogP contribution in [0.25, 0.3) is 0 Å². The number of rotatable bonds is 4. The van der Waals surface area contributed by atoms with Gasteiger partial charge in [-0.2, -0.15) is 0 Å². The lowest BCUT2D eigenvalue weighted by Crippen LogP contribution is -2.29. The van der Waals surface area contributed by atoms with E-state index in [0.717, 1.165) is 11.1 Å². The van der Waals surface area contributed by atoms with E-state index in [1.54, 1.807) is 36.4 Å². The van der Waals surface area contributed by atoms with Crippen LogP contribution in [-0.2, 0) is 6.61 Å². The van der Waals surface area contributed by atoms with Crippen molar-refractivity contribution in [2.24, 2.45) is 0 Å². The average molecular weight is 311 g/mol. The van der Waals surface area contributed by atoms with Gasteiger partial charge in [0, 0.05) is 15.6 Å². The summed E-state index contributed by atoms with van der Waals surface area (Å²) in [5.41, 5.74) is 2.04. The van der Waals surface area contributed by atoms with E-state index in [2.05, 4.69) is 0 Å². The fourth-order valence-electron chi connectivity index (χ4n) is 1.80. The highest BCUT2D eigenvalue weighted by Crippen LogP contribution is 2.23. The van der Waals surface area contributed by atoms with Gasteiger partial charge >= 0.3 is 7.12 Å². The second-order valence-electron chi connectivity index (χ2n) is 4.42. The van der Waals surface area contributed by atoms with Crippen molar-refractivity contribution >= 4 is 35.8 Å². The molecular weight excluding hydrogens is 298 g/mol. The zero-order valence-corrected chi connectivity index (χ0v) is 12.3. The first-order chi connectivity index (χ1) is 9.47. The Balaban J connectivity index is 2.13. The van der Waals surface area contributed by atoms with Crippen LogP contribution in [0.15, 0.2) is 36.4 Å². The van der Waals surface area contributed by atoms with Gasteiger partial charge in [0.2, 0.25) is 0 Å². The molecule has 3 nitrogen and oxygen atoms in total. The topological polar surface area (TPSA) is 49.7 Å². The predicted octanol–water partition coefficient (Wildman–Crippen LogP) is 2.56. The van der Waals surface area contributed by atoms with Crippen LogP contribution >= 0.6 is 23.2 Å². The number of aryl methyl sites for hydroxylation is 1. The Labute approximate surface area is 127 Å². The molecule has 2 rings (SSSR count). The Hall–Kier alpha value is -1.20. The molecule has 0 spiro atoms. The summed E-state index contributed by atoms with van der Waals surface area (Å²) in [5.74, 6) is 0.658. The molecule has 6 heteroatoms. The van der Waals surface area contributed by atoms with Gasteiger partial charge < -0.3 is 14.8 Å². The summed E-state index contributed by atoms with van der Waals surface area (Å²) >= 11 is 12.0. The highest BCUT2D eigenvalue weighted by molar-refractivity contribution is 6.58. The molecule has 0 saturated carbocycles.